The fourth-order valence-corrected chi connectivity index (χ4v) is 1.66. The fraction of sp³-hybridized carbons (Fsp3) is 0.111. The molecule has 0 aromatic heterocycles. The van der Waals surface area contributed by atoms with Crippen molar-refractivity contribution in [1.82, 2.24) is 0 Å². The highest BCUT2D eigenvalue weighted by molar-refractivity contribution is 7.98. The zero-order valence-corrected chi connectivity index (χ0v) is 13.1. The van der Waals surface area contributed by atoms with Gasteiger partial charge in [0, 0.05) is 4.90 Å². The van der Waals surface area contributed by atoms with Gasteiger partial charge in [0.1, 0.15) is 12.1 Å². The maximum absolute atomic E-state index is 8.45. The van der Waals surface area contributed by atoms with Gasteiger partial charge in [-0.2, -0.15) is 10.5 Å². The minimum Gasteiger partial charge on any atom is -0.192 e. The van der Waals surface area contributed by atoms with Crippen LogP contribution in [0.5, 0.6) is 0 Å². The summed E-state index contributed by atoms with van der Waals surface area (Å²) in [4.78, 5) is 1.33. The normalized spacial score (nSPS) is 7.81. The number of thioether (sulfide) groups is 1. The van der Waals surface area contributed by atoms with Crippen molar-refractivity contribution in [3.63, 3.8) is 0 Å². The summed E-state index contributed by atoms with van der Waals surface area (Å²) in [5.41, 5.74) is 0.870. The Bertz CT molecular complexity index is 574. The molecule has 0 aliphatic carbocycles. The fourth-order valence-electron chi connectivity index (χ4n) is 1.23. The van der Waals surface area contributed by atoms with Crippen molar-refractivity contribution >= 4 is 11.8 Å². The molecule has 0 aliphatic rings. The Morgan fingerprint density at radius 1 is 0.905 bits per heavy atom. The maximum Gasteiger partial charge on any atom is 0.101 e. The molecule has 0 bridgehead atoms. The largest absolute Gasteiger partial charge is 0.192 e. The van der Waals surface area contributed by atoms with Crippen LogP contribution in [0.25, 0.3) is 0 Å². The molecule has 2 aromatic carbocycles. The quantitative estimate of drug-likeness (QED) is 0.547. The predicted octanol–water partition coefficient (Wildman–Crippen LogP) is 5.03. The molecule has 0 N–H and O–H groups in total. The summed E-state index contributed by atoms with van der Waals surface area (Å²) in [5, 5.41) is 16.9. The molecular weight excluding hydrogens is 276 g/mol. The third-order valence-corrected chi connectivity index (χ3v) is 2.89. The Kier molecular flexibility index (Phi) is 11.1. The molecule has 0 saturated heterocycles. The van der Waals surface area contributed by atoms with E-state index < -0.39 is 0 Å². The van der Waals surface area contributed by atoms with Crippen molar-refractivity contribution < 1.29 is 0 Å². The third-order valence-electron chi connectivity index (χ3n) is 2.15. The molecule has 0 radical (unpaired) electrons. The molecule has 0 spiro atoms. The van der Waals surface area contributed by atoms with Crippen LogP contribution in [-0.2, 0) is 0 Å². The van der Waals surface area contributed by atoms with Gasteiger partial charge < -0.3 is 0 Å². The molecule has 2 nitrogen and oxygen atoms in total. The van der Waals surface area contributed by atoms with Crippen LogP contribution in [0.4, 0.5) is 0 Å². The lowest BCUT2D eigenvalue weighted by molar-refractivity contribution is 1.43. The Morgan fingerprint density at radius 2 is 1.29 bits per heavy atom. The van der Waals surface area contributed by atoms with Gasteiger partial charge in [0.2, 0.25) is 0 Å². The number of nitriles is 2. The van der Waals surface area contributed by atoms with Crippen LogP contribution in [0.15, 0.2) is 72.1 Å². The highest BCUT2D eigenvalue weighted by Gasteiger charge is 1.95. The van der Waals surface area contributed by atoms with Gasteiger partial charge in [-0.15, -0.1) is 18.3 Å². The second-order valence-electron chi connectivity index (χ2n) is 3.69. The summed E-state index contributed by atoms with van der Waals surface area (Å²) in [7, 11) is 0. The Hall–Kier alpha value is -2.49. The van der Waals surface area contributed by atoms with Crippen molar-refractivity contribution in [2.24, 2.45) is 0 Å². The standard InChI is InChI=1S/C8H4N2.C7H8S.C3H6/c9-5-7-3-1-2-4-8(7)6-10;1-8-7-5-3-2-4-6-7;1-3-2/h1-4H;2-6H,1H3;3H,1H2,2H3. The molecule has 2 aromatic rings. The van der Waals surface area contributed by atoms with E-state index in [1.54, 1.807) is 42.1 Å². The number of hydrogen-bond donors (Lipinski definition) is 0. The average Bonchev–Trinajstić information content (AvgIpc) is 2.56. The first-order chi connectivity index (χ1) is 10.2. The smallest absolute Gasteiger partial charge is 0.101 e. The van der Waals surface area contributed by atoms with Crippen molar-refractivity contribution in [2.45, 2.75) is 11.8 Å². The first kappa shape index (κ1) is 18.5. The molecule has 21 heavy (non-hydrogen) atoms. The van der Waals surface area contributed by atoms with E-state index in [-0.39, 0.29) is 0 Å². The summed E-state index contributed by atoms with van der Waals surface area (Å²) in [6.07, 6.45) is 3.83. The van der Waals surface area contributed by atoms with Crippen molar-refractivity contribution in [3.05, 3.63) is 78.4 Å². The van der Waals surface area contributed by atoms with Crippen LogP contribution >= 0.6 is 11.8 Å². The molecule has 2 rings (SSSR count). The van der Waals surface area contributed by atoms with Crippen LogP contribution in [0.1, 0.15) is 18.1 Å². The number of allylic oxidation sites excluding steroid dienone is 1. The van der Waals surface area contributed by atoms with Gasteiger partial charge in [0.05, 0.1) is 11.1 Å². The van der Waals surface area contributed by atoms with Crippen molar-refractivity contribution in [3.8, 4) is 12.1 Å². The maximum atomic E-state index is 8.45. The second-order valence-corrected chi connectivity index (χ2v) is 4.57. The van der Waals surface area contributed by atoms with Crippen LogP contribution in [-0.4, -0.2) is 6.26 Å². The van der Waals surface area contributed by atoms with E-state index in [0.717, 1.165) is 0 Å². The minimum atomic E-state index is 0.435. The number of rotatable bonds is 1. The molecule has 0 atom stereocenters. The number of benzene rings is 2. The van der Waals surface area contributed by atoms with Crippen LogP contribution < -0.4 is 0 Å². The van der Waals surface area contributed by atoms with Gasteiger partial charge >= 0.3 is 0 Å². The third kappa shape index (κ3) is 8.31. The zero-order valence-electron chi connectivity index (χ0n) is 12.3. The van der Waals surface area contributed by atoms with E-state index >= 15 is 0 Å². The lowest BCUT2D eigenvalue weighted by atomic mass is 10.1. The molecule has 0 unspecified atom stereocenters. The lowest BCUT2D eigenvalue weighted by Crippen LogP contribution is -1.79. The van der Waals surface area contributed by atoms with Gasteiger partial charge in [-0.25, -0.2) is 0 Å². The van der Waals surface area contributed by atoms with Gasteiger partial charge in [0.15, 0.2) is 0 Å². The van der Waals surface area contributed by atoms with Gasteiger partial charge in [0.25, 0.3) is 0 Å². The summed E-state index contributed by atoms with van der Waals surface area (Å²) in [5.74, 6) is 0. The van der Waals surface area contributed by atoms with Crippen molar-refractivity contribution in [1.29, 1.82) is 10.5 Å². The molecule has 3 heteroatoms. The second kappa shape index (κ2) is 12.5. The van der Waals surface area contributed by atoms with Crippen LogP contribution in [0, 0.1) is 22.7 Å². The van der Waals surface area contributed by atoms with E-state index in [1.807, 2.05) is 37.3 Å². The van der Waals surface area contributed by atoms with Crippen LogP contribution in [0.3, 0.4) is 0 Å². The number of nitrogens with zero attached hydrogens (tertiary/aromatic N) is 2. The summed E-state index contributed by atoms with van der Waals surface area (Å²) in [6.45, 7) is 5.25. The molecule has 106 valence electrons. The van der Waals surface area contributed by atoms with E-state index in [0.29, 0.717) is 11.1 Å². The first-order valence-corrected chi connectivity index (χ1v) is 7.51. The van der Waals surface area contributed by atoms with E-state index in [9.17, 15) is 0 Å². The zero-order chi connectivity index (χ0) is 15.9. The molecule has 0 aliphatic heterocycles. The first-order valence-electron chi connectivity index (χ1n) is 6.28. The molecule has 0 heterocycles. The Morgan fingerprint density at radius 3 is 1.57 bits per heavy atom. The highest BCUT2D eigenvalue weighted by atomic mass is 32.2. The summed E-state index contributed by atoms with van der Waals surface area (Å²) in [6, 6.07) is 20.9. The topological polar surface area (TPSA) is 47.6 Å². The highest BCUT2D eigenvalue weighted by Crippen LogP contribution is 2.11. The van der Waals surface area contributed by atoms with E-state index in [1.165, 1.54) is 4.90 Å². The van der Waals surface area contributed by atoms with Gasteiger partial charge in [-0.05, 0) is 37.4 Å². The average molecular weight is 294 g/mol. The number of hydrogen-bond acceptors (Lipinski definition) is 3. The SMILES string of the molecule is C=CC.CSc1ccccc1.N#Cc1ccccc1C#N. The van der Waals surface area contributed by atoms with Gasteiger partial charge in [-0.3, -0.25) is 0 Å². The monoisotopic (exact) mass is 294 g/mol. The Labute approximate surface area is 131 Å². The lowest BCUT2D eigenvalue weighted by Gasteiger charge is -1.89. The van der Waals surface area contributed by atoms with E-state index in [4.69, 9.17) is 10.5 Å². The molecular formula is C18H18N2S. The van der Waals surface area contributed by atoms with Gasteiger partial charge in [-0.1, -0.05) is 36.4 Å². The summed E-state index contributed by atoms with van der Waals surface area (Å²) < 4.78 is 0. The minimum absolute atomic E-state index is 0.435. The predicted molar refractivity (Wildman–Crippen MR) is 90.0 cm³/mol. The Balaban J connectivity index is 0.000000327. The molecule has 0 fully saturated rings. The van der Waals surface area contributed by atoms with Crippen molar-refractivity contribution in [2.75, 3.05) is 6.26 Å². The van der Waals surface area contributed by atoms with E-state index in [2.05, 4.69) is 25.0 Å². The van der Waals surface area contributed by atoms with Crippen LogP contribution in [0.2, 0.25) is 0 Å². The molecule has 0 saturated carbocycles. The molecule has 0 amide bonds. The summed E-state index contributed by atoms with van der Waals surface area (Å²) >= 11 is 1.77.